The summed E-state index contributed by atoms with van der Waals surface area (Å²) in [6.45, 7) is 1.94. The second-order valence-electron chi connectivity index (χ2n) is 5.45. The Balaban J connectivity index is 1.92. The second kappa shape index (κ2) is 6.37. The van der Waals surface area contributed by atoms with Gasteiger partial charge in [0.1, 0.15) is 5.01 Å². The molecule has 3 aromatic rings. The van der Waals surface area contributed by atoms with Crippen LogP contribution in [0.5, 0.6) is 0 Å². The first-order valence-electron chi connectivity index (χ1n) is 7.30. The molecule has 0 aliphatic rings. The highest BCUT2D eigenvalue weighted by atomic mass is 32.1. The smallest absolute Gasteiger partial charge is 0.270 e. The van der Waals surface area contributed by atoms with E-state index in [1.54, 1.807) is 17.4 Å². The van der Waals surface area contributed by atoms with Crippen LogP contribution < -0.4 is 4.90 Å². The van der Waals surface area contributed by atoms with Gasteiger partial charge in [0.25, 0.3) is 5.69 Å². The summed E-state index contributed by atoms with van der Waals surface area (Å²) in [5.74, 6) is -0.204. The number of para-hydroxylation sites is 1. The SMILES string of the molecule is CC(=O)c1cc([N+](=O)[O-])ccc1N(C)Cc1nc2ccccc2s1. The first kappa shape index (κ1) is 16.1. The van der Waals surface area contributed by atoms with Gasteiger partial charge in [0.15, 0.2) is 5.78 Å². The van der Waals surface area contributed by atoms with Gasteiger partial charge in [-0.05, 0) is 25.1 Å². The summed E-state index contributed by atoms with van der Waals surface area (Å²) in [6.07, 6.45) is 0. The molecule has 0 saturated heterocycles. The number of hydrogen-bond acceptors (Lipinski definition) is 6. The van der Waals surface area contributed by atoms with Crippen LogP contribution in [0.25, 0.3) is 10.2 Å². The minimum absolute atomic E-state index is 0.0858. The molecule has 0 radical (unpaired) electrons. The van der Waals surface area contributed by atoms with E-state index < -0.39 is 4.92 Å². The first-order chi connectivity index (χ1) is 11.5. The number of non-ortho nitro benzene ring substituents is 1. The number of carbonyl (C=O) groups excluding carboxylic acids is 1. The number of hydrogen-bond donors (Lipinski definition) is 0. The molecule has 1 heterocycles. The third-order valence-electron chi connectivity index (χ3n) is 3.69. The maximum atomic E-state index is 11.9. The van der Waals surface area contributed by atoms with Crippen molar-refractivity contribution in [3.8, 4) is 0 Å². The van der Waals surface area contributed by atoms with Crippen LogP contribution in [0.3, 0.4) is 0 Å². The van der Waals surface area contributed by atoms with E-state index in [4.69, 9.17) is 0 Å². The van der Waals surface area contributed by atoms with Crippen LogP contribution in [0.2, 0.25) is 0 Å². The van der Waals surface area contributed by atoms with Gasteiger partial charge >= 0.3 is 0 Å². The van der Waals surface area contributed by atoms with Crippen LogP contribution >= 0.6 is 11.3 Å². The molecule has 7 heteroatoms. The van der Waals surface area contributed by atoms with E-state index in [9.17, 15) is 14.9 Å². The fourth-order valence-corrected chi connectivity index (χ4v) is 3.55. The summed E-state index contributed by atoms with van der Waals surface area (Å²) in [7, 11) is 1.85. The van der Waals surface area contributed by atoms with Crippen molar-refractivity contribution in [1.82, 2.24) is 4.98 Å². The van der Waals surface area contributed by atoms with Gasteiger partial charge in [-0.3, -0.25) is 14.9 Å². The van der Waals surface area contributed by atoms with E-state index in [1.165, 1.54) is 19.1 Å². The van der Waals surface area contributed by atoms with Gasteiger partial charge in [0, 0.05) is 30.4 Å². The minimum Gasteiger partial charge on any atom is -0.367 e. The zero-order chi connectivity index (χ0) is 17.3. The van der Waals surface area contributed by atoms with E-state index in [1.807, 2.05) is 36.2 Å². The number of anilines is 1. The lowest BCUT2D eigenvalue weighted by atomic mass is 10.1. The van der Waals surface area contributed by atoms with Crippen molar-refractivity contribution in [2.45, 2.75) is 13.5 Å². The average Bonchev–Trinajstić information content (AvgIpc) is 2.96. The Kier molecular flexibility index (Phi) is 4.26. The molecule has 0 saturated carbocycles. The summed E-state index contributed by atoms with van der Waals surface area (Å²) in [4.78, 5) is 28.8. The van der Waals surface area contributed by atoms with E-state index in [0.29, 0.717) is 17.8 Å². The molecule has 0 bridgehead atoms. The lowest BCUT2D eigenvalue weighted by molar-refractivity contribution is -0.384. The van der Waals surface area contributed by atoms with Gasteiger partial charge in [-0.1, -0.05) is 12.1 Å². The largest absolute Gasteiger partial charge is 0.367 e. The minimum atomic E-state index is -0.496. The summed E-state index contributed by atoms with van der Waals surface area (Å²) in [5.41, 5.74) is 1.86. The molecule has 0 fully saturated rings. The van der Waals surface area contributed by atoms with Crippen LogP contribution in [0, 0.1) is 10.1 Å². The molecule has 3 rings (SSSR count). The summed E-state index contributed by atoms with van der Waals surface area (Å²) < 4.78 is 1.11. The van der Waals surface area contributed by atoms with Crippen molar-refractivity contribution in [3.63, 3.8) is 0 Å². The van der Waals surface area contributed by atoms with Gasteiger partial charge < -0.3 is 4.90 Å². The van der Waals surface area contributed by atoms with E-state index in [0.717, 1.165) is 15.2 Å². The fourth-order valence-electron chi connectivity index (χ4n) is 2.53. The predicted molar refractivity (Wildman–Crippen MR) is 94.8 cm³/mol. The highest BCUT2D eigenvalue weighted by Gasteiger charge is 2.17. The topological polar surface area (TPSA) is 76.3 Å². The Morgan fingerprint density at radius 1 is 1.29 bits per heavy atom. The van der Waals surface area contributed by atoms with Gasteiger partial charge in [-0.25, -0.2) is 4.98 Å². The molecule has 1 aromatic heterocycles. The monoisotopic (exact) mass is 341 g/mol. The molecule has 6 nitrogen and oxygen atoms in total. The number of fused-ring (bicyclic) bond motifs is 1. The second-order valence-corrected chi connectivity index (χ2v) is 6.56. The van der Waals surface area contributed by atoms with Gasteiger partial charge in [-0.2, -0.15) is 0 Å². The maximum absolute atomic E-state index is 11.9. The van der Waals surface area contributed by atoms with Gasteiger partial charge in [0.05, 0.1) is 21.7 Å². The Morgan fingerprint density at radius 3 is 2.71 bits per heavy atom. The number of benzene rings is 2. The molecule has 0 amide bonds. The van der Waals surface area contributed by atoms with Gasteiger partial charge in [-0.15, -0.1) is 11.3 Å². The van der Waals surface area contributed by atoms with Crippen molar-refractivity contribution in [2.24, 2.45) is 0 Å². The van der Waals surface area contributed by atoms with Crippen molar-refractivity contribution in [1.29, 1.82) is 0 Å². The van der Waals surface area contributed by atoms with Crippen LogP contribution in [0.15, 0.2) is 42.5 Å². The number of nitrogens with zero attached hydrogens (tertiary/aromatic N) is 3. The Labute approximate surface area is 142 Å². The number of rotatable bonds is 5. The zero-order valence-corrected chi connectivity index (χ0v) is 14.0. The normalized spacial score (nSPS) is 10.8. The van der Waals surface area contributed by atoms with Crippen LogP contribution in [0.1, 0.15) is 22.3 Å². The molecule has 0 unspecified atom stereocenters. The summed E-state index contributed by atoms with van der Waals surface area (Å²) >= 11 is 1.60. The lowest BCUT2D eigenvalue weighted by Crippen LogP contribution is -2.19. The van der Waals surface area contributed by atoms with Gasteiger partial charge in [0.2, 0.25) is 0 Å². The predicted octanol–water partition coefficient (Wildman–Crippen LogP) is 4.04. The lowest BCUT2D eigenvalue weighted by Gasteiger charge is -2.20. The standard InChI is InChI=1S/C17H15N3O3S/c1-11(21)13-9-12(20(22)23)7-8-15(13)19(2)10-17-18-14-5-3-4-6-16(14)24-17/h3-9H,10H2,1-2H3. The van der Waals surface area contributed by atoms with E-state index in [2.05, 4.69) is 4.98 Å². The highest BCUT2D eigenvalue weighted by molar-refractivity contribution is 7.18. The van der Waals surface area contributed by atoms with E-state index in [-0.39, 0.29) is 11.5 Å². The molecule has 2 aromatic carbocycles. The number of ketones is 1. The molecule has 0 aliphatic carbocycles. The molecular formula is C17H15N3O3S. The van der Waals surface area contributed by atoms with Crippen LogP contribution in [-0.4, -0.2) is 22.7 Å². The van der Waals surface area contributed by atoms with E-state index >= 15 is 0 Å². The Hall–Kier alpha value is -2.80. The van der Waals surface area contributed by atoms with Crippen molar-refractivity contribution >= 4 is 38.7 Å². The number of nitro groups is 1. The molecular weight excluding hydrogens is 326 g/mol. The van der Waals surface area contributed by atoms with Crippen molar-refractivity contribution in [3.05, 3.63) is 63.1 Å². The third kappa shape index (κ3) is 3.11. The van der Waals surface area contributed by atoms with Crippen molar-refractivity contribution in [2.75, 3.05) is 11.9 Å². The van der Waals surface area contributed by atoms with Crippen molar-refractivity contribution < 1.29 is 9.72 Å². The van der Waals surface area contributed by atoms with Crippen LogP contribution in [0.4, 0.5) is 11.4 Å². The first-order valence-corrected chi connectivity index (χ1v) is 8.12. The number of nitro benzene ring substituents is 1. The fraction of sp³-hybridized carbons (Fsp3) is 0.176. The quantitative estimate of drug-likeness (QED) is 0.397. The summed E-state index contributed by atoms with van der Waals surface area (Å²) in [6, 6.07) is 12.2. The number of Topliss-reactive ketones (excluding diaryl/α,β-unsaturated/α-hetero) is 1. The number of carbonyl (C=O) groups is 1. The Morgan fingerprint density at radius 2 is 2.04 bits per heavy atom. The molecule has 0 N–H and O–H groups in total. The molecule has 0 aliphatic heterocycles. The number of thiazole rings is 1. The number of aromatic nitrogens is 1. The van der Waals surface area contributed by atoms with Crippen LogP contribution in [-0.2, 0) is 6.54 Å². The average molecular weight is 341 g/mol. The maximum Gasteiger partial charge on any atom is 0.270 e. The molecule has 0 spiro atoms. The molecule has 122 valence electrons. The third-order valence-corrected chi connectivity index (χ3v) is 4.71. The zero-order valence-electron chi connectivity index (χ0n) is 13.2. The summed E-state index contributed by atoms with van der Waals surface area (Å²) in [5, 5.41) is 11.8. The molecule has 0 atom stereocenters. The Bertz CT molecular complexity index is 903. The molecule has 24 heavy (non-hydrogen) atoms. The highest BCUT2D eigenvalue weighted by Crippen LogP contribution is 2.28.